The predicted molar refractivity (Wildman–Crippen MR) is 64.7 cm³/mol. The van der Waals surface area contributed by atoms with E-state index in [9.17, 15) is 9.90 Å². The van der Waals surface area contributed by atoms with Crippen molar-refractivity contribution in [1.29, 1.82) is 0 Å². The lowest BCUT2D eigenvalue weighted by Crippen LogP contribution is -2.11. The second kappa shape index (κ2) is 5.94. The monoisotopic (exact) mass is 236 g/mol. The summed E-state index contributed by atoms with van der Waals surface area (Å²) in [4.78, 5) is 11.3. The summed E-state index contributed by atoms with van der Waals surface area (Å²) in [6, 6.07) is 4.31. The van der Waals surface area contributed by atoms with Crippen LogP contribution in [0, 0.1) is 0 Å². The molecule has 0 heterocycles. The van der Waals surface area contributed by atoms with Crippen LogP contribution in [0.1, 0.15) is 25.8 Å². The number of esters is 1. The molecular weight excluding hydrogens is 220 g/mol. The van der Waals surface area contributed by atoms with Crippen molar-refractivity contribution in [1.82, 2.24) is 0 Å². The summed E-state index contributed by atoms with van der Waals surface area (Å²) in [5.41, 5.74) is 0.612. The number of ether oxygens (including phenoxy) is 1. The molecule has 0 fully saturated rings. The minimum atomic E-state index is -0.424. The Morgan fingerprint density at radius 2 is 2.12 bits per heavy atom. The summed E-state index contributed by atoms with van der Waals surface area (Å²) in [5.74, 6) is -0.835. The molecule has 0 saturated carbocycles. The Morgan fingerprint density at radius 1 is 1.41 bits per heavy atom. The standard InChI is InChI=1S/C13H16O4/c1-3-9(2)17-13(16)7-5-10-4-6-11(14)12(15)8-10/h4-9,14-15H,3H2,1-2H3/b7-5+. The summed E-state index contributed by atoms with van der Waals surface area (Å²) < 4.78 is 5.04. The quantitative estimate of drug-likeness (QED) is 0.478. The number of benzene rings is 1. The van der Waals surface area contributed by atoms with Crippen LogP contribution in [0.5, 0.6) is 11.5 Å². The molecule has 1 rings (SSSR count). The van der Waals surface area contributed by atoms with Crippen LogP contribution in [-0.2, 0) is 9.53 Å². The lowest BCUT2D eigenvalue weighted by molar-refractivity contribution is -0.142. The lowest BCUT2D eigenvalue weighted by atomic mass is 10.2. The second-order valence-electron chi connectivity index (χ2n) is 3.74. The van der Waals surface area contributed by atoms with Crippen LogP contribution in [0.4, 0.5) is 0 Å². The number of phenols is 2. The molecule has 0 aromatic heterocycles. The summed E-state index contributed by atoms with van der Waals surface area (Å²) in [7, 11) is 0. The fraction of sp³-hybridized carbons (Fsp3) is 0.308. The third-order valence-corrected chi connectivity index (χ3v) is 2.30. The first kappa shape index (κ1) is 13.1. The largest absolute Gasteiger partial charge is 0.504 e. The molecule has 17 heavy (non-hydrogen) atoms. The van der Waals surface area contributed by atoms with Crippen LogP contribution in [0.15, 0.2) is 24.3 Å². The van der Waals surface area contributed by atoms with E-state index in [2.05, 4.69) is 0 Å². The molecule has 92 valence electrons. The Bertz CT molecular complexity index is 423. The van der Waals surface area contributed by atoms with E-state index < -0.39 is 5.97 Å². The highest BCUT2D eigenvalue weighted by Crippen LogP contribution is 2.25. The van der Waals surface area contributed by atoms with Gasteiger partial charge in [0, 0.05) is 6.08 Å². The van der Waals surface area contributed by atoms with Crippen LogP contribution in [0.2, 0.25) is 0 Å². The average molecular weight is 236 g/mol. The average Bonchev–Trinajstić information content (AvgIpc) is 2.30. The van der Waals surface area contributed by atoms with Gasteiger partial charge in [-0.3, -0.25) is 0 Å². The van der Waals surface area contributed by atoms with Gasteiger partial charge in [-0.05, 0) is 37.1 Å². The van der Waals surface area contributed by atoms with Gasteiger partial charge in [-0.1, -0.05) is 13.0 Å². The molecule has 4 nitrogen and oxygen atoms in total. The maximum atomic E-state index is 11.3. The van der Waals surface area contributed by atoms with Crippen molar-refractivity contribution in [2.45, 2.75) is 26.4 Å². The van der Waals surface area contributed by atoms with Crippen molar-refractivity contribution in [3.05, 3.63) is 29.8 Å². The molecule has 4 heteroatoms. The number of rotatable bonds is 4. The molecule has 0 spiro atoms. The number of carbonyl (C=O) groups excluding carboxylic acids is 1. The molecule has 0 saturated heterocycles. The highest BCUT2D eigenvalue weighted by atomic mass is 16.5. The number of carbonyl (C=O) groups is 1. The molecule has 0 bridgehead atoms. The molecule has 0 radical (unpaired) electrons. The van der Waals surface area contributed by atoms with E-state index in [4.69, 9.17) is 9.84 Å². The van der Waals surface area contributed by atoms with Crippen molar-refractivity contribution in [3.63, 3.8) is 0 Å². The van der Waals surface area contributed by atoms with Gasteiger partial charge >= 0.3 is 5.97 Å². The van der Waals surface area contributed by atoms with Crippen molar-refractivity contribution in [2.75, 3.05) is 0 Å². The first-order chi connectivity index (χ1) is 8.02. The highest BCUT2D eigenvalue weighted by Gasteiger charge is 2.04. The minimum absolute atomic E-state index is 0.111. The van der Waals surface area contributed by atoms with Gasteiger partial charge in [0.25, 0.3) is 0 Å². The fourth-order valence-corrected chi connectivity index (χ4v) is 1.13. The van der Waals surface area contributed by atoms with Gasteiger partial charge in [-0.25, -0.2) is 4.79 Å². The molecule has 0 aliphatic rings. The van der Waals surface area contributed by atoms with Gasteiger partial charge in [0.2, 0.25) is 0 Å². The molecular formula is C13H16O4. The normalized spacial score (nSPS) is 12.6. The molecule has 1 aromatic carbocycles. The van der Waals surface area contributed by atoms with E-state index >= 15 is 0 Å². The zero-order valence-corrected chi connectivity index (χ0v) is 9.88. The first-order valence-corrected chi connectivity index (χ1v) is 5.43. The minimum Gasteiger partial charge on any atom is -0.504 e. The molecule has 1 unspecified atom stereocenters. The van der Waals surface area contributed by atoms with Crippen molar-refractivity contribution in [2.24, 2.45) is 0 Å². The second-order valence-corrected chi connectivity index (χ2v) is 3.74. The van der Waals surface area contributed by atoms with Gasteiger partial charge < -0.3 is 14.9 Å². The number of hydrogen-bond acceptors (Lipinski definition) is 4. The van der Waals surface area contributed by atoms with Crippen molar-refractivity contribution >= 4 is 12.0 Å². The third kappa shape index (κ3) is 4.18. The zero-order valence-electron chi connectivity index (χ0n) is 9.88. The van der Waals surface area contributed by atoms with E-state index in [1.54, 1.807) is 6.07 Å². The van der Waals surface area contributed by atoms with Crippen LogP contribution >= 0.6 is 0 Å². The van der Waals surface area contributed by atoms with Gasteiger partial charge in [0.1, 0.15) is 0 Å². The van der Waals surface area contributed by atoms with Crippen LogP contribution in [0.3, 0.4) is 0 Å². The van der Waals surface area contributed by atoms with E-state index in [0.29, 0.717) is 5.56 Å². The Morgan fingerprint density at radius 3 is 2.71 bits per heavy atom. The Kier molecular flexibility index (Phi) is 4.57. The van der Waals surface area contributed by atoms with E-state index in [-0.39, 0.29) is 17.6 Å². The summed E-state index contributed by atoms with van der Waals surface area (Å²) in [5, 5.41) is 18.4. The highest BCUT2D eigenvalue weighted by molar-refractivity contribution is 5.87. The third-order valence-electron chi connectivity index (χ3n) is 2.30. The van der Waals surface area contributed by atoms with Crippen LogP contribution in [0.25, 0.3) is 6.08 Å². The van der Waals surface area contributed by atoms with E-state index in [0.717, 1.165) is 6.42 Å². The van der Waals surface area contributed by atoms with Gasteiger partial charge in [0.15, 0.2) is 11.5 Å². The molecule has 1 aromatic rings. The number of phenolic OH excluding ortho intramolecular Hbond substituents is 2. The van der Waals surface area contributed by atoms with E-state index in [1.807, 2.05) is 13.8 Å². The van der Waals surface area contributed by atoms with Gasteiger partial charge in [-0.15, -0.1) is 0 Å². The first-order valence-electron chi connectivity index (χ1n) is 5.43. The zero-order chi connectivity index (χ0) is 12.8. The Labute approximate surface area is 100 Å². The van der Waals surface area contributed by atoms with Crippen molar-refractivity contribution < 1.29 is 19.7 Å². The lowest BCUT2D eigenvalue weighted by Gasteiger charge is -2.07. The summed E-state index contributed by atoms with van der Waals surface area (Å²) in [6.45, 7) is 3.75. The maximum absolute atomic E-state index is 11.3. The van der Waals surface area contributed by atoms with Crippen LogP contribution in [-0.4, -0.2) is 22.3 Å². The predicted octanol–water partition coefficient (Wildman–Crippen LogP) is 2.45. The Balaban J connectivity index is 2.64. The fourth-order valence-electron chi connectivity index (χ4n) is 1.13. The molecule has 0 aliphatic carbocycles. The Hall–Kier alpha value is -1.97. The SMILES string of the molecule is CCC(C)OC(=O)/C=C/c1ccc(O)c(O)c1. The summed E-state index contributed by atoms with van der Waals surface area (Å²) >= 11 is 0. The smallest absolute Gasteiger partial charge is 0.331 e. The van der Waals surface area contributed by atoms with Gasteiger partial charge in [0.05, 0.1) is 6.10 Å². The number of aromatic hydroxyl groups is 2. The summed E-state index contributed by atoms with van der Waals surface area (Å²) in [6.07, 6.45) is 3.46. The topological polar surface area (TPSA) is 66.8 Å². The number of hydrogen-bond donors (Lipinski definition) is 2. The van der Waals surface area contributed by atoms with Gasteiger partial charge in [-0.2, -0.15) is 0 Å². The van der Waals surface area contributed by atoms with Crippen molar-refractivity contribution in [3.8, 4) is 11.5 Å². The molecule has 1 atom stereocenters. The maximum Gasteiger partial charge on any atom is 0.331 e. The molecule has 0 amide bonds. The van der Waals surface area contributed by atoms with E-state index in [1.165, 1.54) is 24.3 Å². The van der Waals surface area contributed by atoms with Crippen LogP contribution < -0.4 is 0 Å². The molecule has 2 N–H and O–H groups in total. The molecule has 0 aliphatic heterocycles.